The molecule has 0 N–H and O–H groups in total. The number of hydrogen-bond donors (Lipinski definition) is 0. The van der Waals surface area contributed by atoms with E-state index in [1.807, 2.05) is 12.1 Å². The second-order valence-corrected chi connectivity index (χ2v) is 14.0. The van der Waals surface area contributed by atoms with E-state index < -0.39 is 5.41 Å². The van der Waals surface area contributed by atoms with E-state index in [-0.39, 0.29) is 0 Å². The molecule has 2 aromatic heterocycles. The number of nitrogens with zero attached hydrogens (tertiary/aromatic N) is 1. The van der Waals surface area contributed by atoms with Crippen LogP contribution in [0.1, 0.15) is 22.3 Å². The van der Waals surface area contributed by atoms with Gasteiger partial charge >= 0.3 is 0 Å². The van der Waals surface area contributed by atoms with Crippen LogP contribution in [0.25, 0.3) is 55.0 Å². The van der Waals surface area contributed by atoms with Crippen LogP contribution in [0.15, 0.2) is 185 Å². The predicted octanol–water partition coefficient (Wildman–Crippen LogP) is 13.4. The summed E-state index contributed by atoms with van der Waals surface area (Å²) >= 11 is 0. The molecule has 0 saturated carbocycles. The summed E-state index contributed by atoms with van der Waals surface area (Å²) < 4.78 is 20.0. The summed E-state index contributed by atoms with van der Waals surface area (Å²) in [5.41, 5.74) is 12.7. The maximum absolute atomic E-state index is 6.74. The molecule has 2 aliphatic rings. The third kappa shape index (κ3) is 3.84. The highest BCUT2D eigenvalue weighted by Gasteiger charge is 2.52. The maximum Gasteiger partial charge on any atom is 0.137 e. The molecule has 2 aliphatic heterocycles. The average Bonchev–Trinajstić information content (AvgIpc) is 3.77. The lowest BCUT2D eigenvalue weighted by Gasteiger charge is -2.48. The zero-order chi connectivity index (χ0) is 34.7. The van der Waals surface area contributed by atoms with Gasteiger partial charge in [-0.2, -0.15) is 0 Å². The molecule has 4 nitrogen and oxygen atoms in total. The predicted molar refractivity (Wildman–Crippen MR) is 213 cm³/mol. The van der Waals surface area contributed by atoms with E-state index >= 15 is 0 Å². The Morgan fingerprint density at radius 1 is 0.358 bits per heavy atom. The van der Waals surface area contributed by atoms with Gasteiger partial charge in [-0.15, -0.1) is 0 Å². The van der Waals surface area contributed by atoms with Crippen LogP contribution in [-0.2, 0) is 5.41 Å². The molecule has 0 fully saturated rings. The van der Waals surface area contributed by atoms with E-state index in [9.17, 15) is 0 Å². The monoisotopic (exact) mass is 679 g/mol. The van der Waals surface area contributed by atoms with Gasteiger partial charge in [0.05, 0.1) is 16.8 Å². The quantitative estimate of drug-likeness (QED) is 0.182. The summed E-state index contributed by atoms with van der Waals surface area (Å²) in [4.78, 5) is 2.39. The van der Waals surface area contributed by atoms with E-state index in [0.29, 0.717) is 0 Å². The summed E-state index contributed by atoms with van der Waals surface area (Å²) in [5.74, 6) is 1.69. The van der Waals surface area contributed by atoms with E-state index in [2.05, 4.69) is 169 Å². The minimum Gasteiger partial charge on any atom is -0.457 e. The van der Waals surface area contributed by atoms with E-state index in [1.54, 1.807) is 0 Å². The highest BCUT2D eigenvalue weighted by atomic mass is 16.5. The van der Waals surface area contributed by atoms with Crippen molar-refractivity contribution in [2.75, 3.05) is 4.90 Å². The second-order valence-electron chi connectivity index (χ2n) is 14.0. The average molecular weight is 680 g/mol. The first-order chi connectivity index (χ1) is 26.3. The molecule has 0 amide bonds. The minimum absolute atomic E-state index is 0.740. The van der Waals surface area contributed by atoms with Gasteiger partial charge in [0, 0.05) is 50.5 Å². The van der Waals surface area contributed by atoms with Crippen molar-refractivity contribution in [2.24, 2.45) is 0 Å². The Bertz CT molecular complexity index is 2930. The van der Waals surface area contributed by atoms with Crippen molar-refractivity contribution in [2.45, 2.75) is 5.41 Å². The van der Waals surface area contributed by atoms with Crippen LogP contribution in [-0.4, -0.2) is 0 Å². The van der Waals surface area contributed by atoms with E-state index in [0.717, 1.165) is 100 Å². The molecular formula is C49H29NO3. The maximum atomic E-state index is 6.74. The SMILES string of the molecule is c1ccc(-c2ccc(N3c4cc5oc6ccccc6c5cc4C4(c5ccccc5Oc5ccccc54)c4cc5c(cc43)oc3ccccc35)cc2)cc1. The molecule has 0 aliphatic carbocycles. The first kappa shape index (κ1) is 28.6. The number of furan rings is 2. The zero-order valence-electron chi connectivity index (χ0n) is 28.4. The molecule has 0 saturated heterocycles. The van der Waals surface area contributed by atoms with Crippen LogP contribution in [0.5, 0.6) is 11.5 Å². The van der Waals surface area contributed by atoms with Crippen LogP contribution in [0.2, 0.25) is 0 Å². The van der Waals surface area contributed by atoms with Crippen molar-refractivity contribution in [1.29, 1.82) is 0 Å². The van der Waals surface area contributed by atoms with Gasteiger partial charge in [-0.3, -0.25) is 0 Å². The van der Waals surface area contributed by atoms with Crippen molar-refractivity contribution >= 4 is 60.9 Å². The third-order valence-electron chi connectivity index (χ3n) is 11.3. The normalized spacial score (nSPS) is 13.9. The first-order valence-electron chi connectivity index (χ1n) is 18.0. The number of anilines is 3. The van der Waals surface area contributed by atoms with Crippen LogP contribution in [0.3, 0.4) is 0 Å². The van der Waals surface area contributed by atoms with Gasteiger partial charge in [-0.05, 0) is 70.8 Å². The highest BCUT2D eigenvalue weighted by molar-refractivity contribution is 6.11. The third-order valence-corrected chi connectivity index (χ3v) is 11.3. The lowest BCUT2D eigenvalue weighted by atomic mass is 9.61. The largest absolute Gasteiger partial charge is 0.457 e. The molecular weight excluding hydrogens is 651 g/mol. The van der Waals surface area contributed by atoms with Gasteiger partial charge in [0.15, 0.2) is 0 Å². The number of benzene rings is 8. The molecule has 1 spiro atoms. The highest BCUT2D eigenvalue weighted by Crippen LogP contribution is 2.64. The summed E-state index contributed by atoms with van der Waals surface area (Å²) in [7, 11) is 0. The lowest BCUT2D eigenvalue weighted by molar-refractivity contribution is 0.434. The Kier molecular flexibility index (Phi) is 5.67. The fraction of sp³-hybridized carbons (Fsp3) is 0.0204. The minimum atomic E-state index is -0.740. The van der Waals surface area contributed by atoms with Gasteiger partial charge < -0.3 is 18.5 Å². The number of fused-ring (bicyclic) bond motifs is 14. The smallest absolute Gasteiger partial charge is 0.137 e. The van der Waals surface area contributed by atoms with Crippen molar-refractivity contribution in [3.8, 4) is 22.6 Å². The standard InChI is InChI=1S/C49H29NO3/c1-2-12-30(13-3-1)31-22-24-32(25-23-31)50-41-28-47-35(33-14-4-8-18-43(33)51-47)26-39(41)49(37-16-6-10-20-45(37)53-46-21-11-7-17-38(46)49)40-27-36-34-15-5-9-19-44(34)52-48(36)29-42(40)50/h1-29H. The topological polar surface area (TPSA) is 38.8 Å². The van der Waals surface area contributed by atoms with Crippen LogP contribution >= 0.6 is 0 Å². The molecule has 248 valence electrons. The first-order valence-corrected chi connectivity index (χ1v) is 18.0. The van der Waals surface area contributed by atoms with Gasteiger partial charge in [0.25, 0.3) is 0 Å². The van der Waals surface area contributed by atoms with Crippen molar-refractivity contribution < 1.29 is 13.6 Å². The van der Waals surface area contributed by atoms with Crippen LogP contribution in [0.4, 0.5) is 17.1 Å². The Balaban J connectivity index is 1.26. The van der Waals surface area contributed by atoms with Gasteiger partial charge in [-0.25, -0.2) is 0 Å². The molecule has 4 heteroatoms. The number of para-hydroxylation sites is 4. The molecule has 0 unspecified atom stereocenters. The fourth-order valence-electron chi connectivity index (χ4n) is 9.05. The number of rotatable bonds is 2. The van der Waals surface area contributed by atoms with E-state index in [4.69, 9.17) is 13.6 Å². The van der Waals surface area contributed by atoms with Gasteiger partial charge in [-0.1, -0.05) is 115 Å². The fourth-order valence-corrected chi connectivity index (χ4v) is 9.05. The molecule has 8 aromatic carbocycles. The number of hydrogen-bond acceptors (Lipinski definition) is 4. The summed E-state index contributed by atoms with van der Waals surface area (Å²) in [6, 6.07) is 62.3. The summed E-state index contributed by atoms with van der Waals surface area (Å²) in [5, 5.41) is 4.35. The van der Waals surface area contributed by atoms with Crippen molar-refractivity contribution in [3.63, 3.8) is 0 Å². The molecule has 0 radical (unpaired) electrons. The van der Waals surface area contributed by atoms with Gasteiger partial charge in [0.2, 0.25) is 0 Å². The lowest BCUT2D eigenvalue weighted by Crippen LogP contribution is -2.39. The number of ether oxygens (including phenoxy) is 1. The zero-order valence-corrected chi connectivity index (χ0v) is 28.4. The second kappa shape index (κ2) is 10.5. The Morgan fingerprint density at radius 3 is 1.40 bits per heavy atom. The van der Waals surface area contributed by atoms with Gasteiger partial charge in [0.1, 0.15) is 33.8 Å². The molecule has 4 heterocycles. The molecule has 0 atom stereocenters. The summed E-state index contributed by atoms with van der Waals surface area (Å²) in [6.07, 6.45) is 0. The van der Waals surface area contributed by atoms with Crippen LogP contribution < -0.4 is 9.64 Å². The molecule has 12 rings (SSSR count). The Labute approximate surface area is 304 Å². The van der Waals surface area contributed by atoms with Crippen molar-refractivity contribution in [1.82, 2.24) is 0 Å². The Hall–Kier alpha value is -7.04. The molecule has 0 bridgehead atoms. The van der Waals surface area contributed by atoms with Crippen molar-refractivity contribution in [3.05, 3.63) is 198 Å². The Morgan fingerprint density at radius 2 is 0.830 bits per heavy atom. The molecule has 53 heavy (non-hydrogen) atoms. The van der Waals surface area contributed by atoms with E-state index in [1.165, 1.54) is 5.56 Å². The molecule has 10 aromatic rings. The van der Waals surface area contributed by atoms with Crippen LogP contribution in [0, 0.1) is 0 Å². The summed E-state index contributed by atoms with van der Waals surface area (Å²) in [6.45, 7) is 0.